The Morgan fingerprint density at radius 2 is 1.41 bits per heavy atom. The summed E-state index contributed by atoms with van der Waals surface area (Å²) in [4.78, 5) is 24.0. The number of benzene rings is 3. The third-order valence-electron chi connectivity index (χ3n) is 6.02. The Morgan fingerprint density at radius 1 is 0.875 bits per heavy atom. The predicted octanol–water partition coefficient (Wildman–Crippen LogP) is 5.86. The van der Waals surface area contributed by atoms with E-state index in [0.29, 0.717) is 5.92 Å². The summed E-state index contributed by atoms with van der Waals surface area (Å²) in [6, 6.07) is 23.3. The van der Waals surface area contributed by atoms with Crippen LogP contribution in [-0.4, -0.2) is 23.8 Å². The molecule has 0 aromatic heterocycles. The molecule has 1 atom stereocenters. The molecule has 0 spiro atoms. The molecule has 32 heavy (non-hydrogen) atoms. The van der Waals surface area contributed by atoms with Crippen molar-refractivity contribution in [2.24, 2.45) is 0 Å². The van der Waals surface area contributed by atoms with Crippen molar-refractivity contribution in [2.75, 3.05) is 6.61 Å². The van der Waals surface area contributed by atoms with Gasteiger partial charge < -0.3 is 15.2 Å². The van der Waals surface area contributed by atoms with Crippen molar-refractivity contribution < 1.29 is 19.4 Å². The first kappa shape index (κ1) is 21.6. The summed E-state index contributed by atoms with van der Waals surface area (Å²) >= 11 is 0. The molecule has 1 aliphatic rings. The summed E-state index contributed by atoms with van der Waals surface area (Å²) in [7, 11) is 0. The van der Waals surface area contributed by atoms with Crippen LogP contribution in [0.15, 0.2) is 72.8 Å². The SMILES string of the molecule is CC(C)c1ccc(C(CC(=O)O)NC(=O)OCC2c3ccccc3-c3ccccc32)cc1. The van der Waals surface area contributed by atoms with Crippen LogP contribution in [0.5, 0.6) is 0 Å². The van der Waals surface area contributed by atoms with E-state index in [-0.39, 0.29) is 18.9 Å². The van der Waals surface area contributed by atoms with Gasteiger partial charge in [0.1, 0.15) is 6.61 Å². The Hall–Kier alpha value is -3.60. The minimum Gasteiger partial charge on any atom is -0.481 e. The van der Waals surface area contributed by atoms with Gasteiger partial charge in [-0.3, -0.25) is 4.79 Å². The van der Waals surface area contributed by atoms with Gasteiger partial charge in [-0.15, -0.1) is 0 Å². The molecule has 1 aliphatic carbocycles. The number of aliphatic carboxylic acids is 1. The van der Waals surface area contributed by atoms with Crippen molar-refractivity contribution in [2.45, 2.75) is 38.1 Å². The number of rotatable bonds is 7. The lowest BCUT2D eigenvalue weighted by molar-refractivity contribution is -0.137. The second-order valence-corrected chi connectivity index (χ2v) is 8.44. The van der Waals surface area contributed by atoms with E-state index < -0.39 is 18.1 Å². The number of fused-ring (bicyclic) bond motifs is 3. The molecule has 1 unspecified atom stereocenters. The van der Waals surface area contributed by atoms with Crippen LogP contribution in [0.4, 0.5) is 4.79 Å². The van der Waals surface area contributed by atoms with Gasteiger partial charge in [0.15, 0.2) is 0 Å². The summed E-state index contributed by atoms with van der Waals surface area (Å²) in [6.45, 7) is 4.38. The molecule has 3 aromatic carbocycles. The number of carbonyl (C=O) groups excluding carboxylic acids is 1. The van der Waals surface area contributed by atoms with Crippen molar-refractivity contribution in [1.82, 2.24) is 5.32 Å². The maximum absolute atomic E-state index is 12.6. The van der Waals surface area contributed by atoms with E-state index >= 15 is 0 Å². The summed E-state index contributed by atoms with van der Waals surface area (Å²) in [6.07, 6.45) is -0.836. The lowest BCUT2D eigenvalue weighted by Gasteiger charge is -2.20. The maximum Gasteiger partial charge on any atom is 0.407 e. The van der Waals surface area contributed by atoms with Gasteiger partial charge in [0.2, 0.25) is 0 Å². The second kappa shape index (κ2) is 9.27. The topological polar surface area (TPSA) is 75.6 Å². The van der Waals surface area contributed by atoms with E-state index in [2.05, 4.69) is 43.4 Å². The molecular formula is C27H27NO4. The molecule has 0 bridgehead atoms. The zero-order chi connectivity index (χ0) is 22.7. The number of hydrogen-bond acceptors (Lipinski definition) is 3. The summed E-state index contributed by atoms with van der Waals surface area (Å²) in [5.41, 5.74) is 6.48. The summed E-state index contributed by atoms with van der Waals surface area (Å²) in [5, 5.41) is 12.1. The van der Waals surface area contributed by atoms with Gasteiger partial charge in [-0.25, -0.2) is 4.79 Å². The minimum absolute atomic E-state index is 0.0450. The van der Waals surface area contributed by atoms with Gasteiger partial charge in [-0.05, 0) is 39.3 Å². The number of carbonyl (C=O) groups is 2. The highest BCUT2D eigenvalue weighted by Crippen LogP contribution is 2.44. The molecule has 0 heterocycles. The first-order chi connectivity index (χ1) is 15.4. The Balaban J connectivity index is 1.46. The average Bonchev–Trinajstić information content (AvgIpc) is 3.11. The van der Waals surface area contributed by atoms with Crippen LogP contribution in [0.2, 0.25) is 0 Å². The quantitative estimate of drug-likeness (QED) is 0.493. The Kier molecular flexibility index (Phi) is 6.26. The summed E-state index contributed by atoms with van der Waals surface area (Å²) < 4.78 is 5.59. The van der Waals surface area contributed by atoms with Crippen molar-refractivity contribution in [3.63, 3.8) is 0 Å². The first-order valence-electron chi connectivity index (χ1n) is 10.9. The second-order valence-electron chi connectivity index (χ2n) is 8.44. The van der Waals surface area contributed by atoms with Gasteiger partial charge in [-0.2, -0.15) is 0 Å². The fourth-order valence-corrected chi connectivity index (χ4v) is 4.32. The van der Waals surface area contributed by atoms with Crippen molar-refractivity contribution in [3.8, 4) is 11.1 Å². The van der Waals surface area contributed by atoms with Crippen LogP contribution in [0.25, 0.3) is 11.1 Å². The van der Waals surface area contributed by atoms with Crippen molar-refractivity contribution >= 4 is 12.1 Å². The number of amides is 1. The van der Waals surface area contributed by atoms with Crippen LogP contribution in [0.1, 0.15) is 60.4 Å². The van der Waals surface area contributed by atoms with Gasteiger partial charge in [0, 0.05) is 5.92 Å². The minimum atomic E-state index is -0.984. The van der Waals surface area contributed by atoms with Gasteiger partial charge >= 0.3 is 12.1 Å². The average molecular weight is 430 g/mol. The van der Waals surface area contributed by atoms with Crippen LogP contribution >= 0.6 is 0 Å². The molecule has 0 radical (unpaired) electrons. The molecule has 1 amide bonds. The van der Waals surface area contributed by atoms with Gasteiger partial charge in [0.05, 0.1) is 12.5 Å². The normalized spacial score (nSPS) is 13.3. The fraction of sp³-hybridized carbons (Fsp3) is 0.259. The van der Waals surface area contributed by atoms with E-state index in [9.17, 15) is 14.7 Å². The van der Waals surface area contributed by atoms with Crippen LogP contribution < -0.4 is 5.32 Å². The molecule has 5 heteroatoms. The molecule has 5 nitrogen and oxygen atoms in total. The van der Waals surface area contributed by atoms with Gasteiger partial charge in [0.25, 0.3) is 0 Å². The van der Waals surface area contributed by atoms with Gasteiger partial charge in [-0.1, -0.05) is 86.6 Å². The molecule has 3 aromatic rings. The van der Waals surface area contributed by atoms with E-state index in [4.69, 9.17) is 4.74 Å². The third kappa shape index (κ3) is 4.52. The molecule has 4 rings (SSSR count). The molecule has 0 saturated carbocycles. The lowest BCUT2D eigenvalue weighted by atomic mass is 9.97. The third-order valence-corrected chi connectivity index (χ3v) is 6.02. The molecule has 164 valence electrons. The molecule has 0 aliphatic heterocycles. The highest BCUT2D eigenvalue weighted by atomic mass is 16.5. The van der Waals surface area contributed by atoms with Crippen molar-refractivity contribution in [3.05, 3.63) is 95.1 Å². The maximum atomic E-state index is 12.6. The Morgan fingerprint density at radius 3 is 1.94 bits per heavy atom. The van der Waals surface area contributed by atoms with E-state index in [0.717, 1.165) is 33.4 Å². The number of carboxylic acids is 1. The van der Waals surface area contributed by atoms with Crippen LogP contribution in [0, 0.1) is 0 Å². The standard InChI is InChI=1S/C27H27NO4/c1-17(2)18-11-13-19(14-12-18)25(15-26(29)30)28-27(31)32-16-24-22-9-5-3-7-20(22)21-8-4-6-10-23(21)24/h3-14,17,24-25H,15-16H2,1-2H3,(H,28,31)(H,29,30). The van der Waals surface area contributed by atoms with Crippen LogP contribution in [0.3, 0.4) is 0 Å². The number of alkyl carbamates (subject to hydrolysis) is 1. The molecular weight excluding hydrogens is 402 g/mol. The molecule has 2 N–H and O–H groups in total. The Labute approximate surface area is 188 Å². The van der Waals surface area contributed by atoms with E-state index in [1.54, 1.807) is 0 Å². The molecule has 0 fully saturated rings. The van der Waals surface area contributed by atoms with E-state index in [1.807, 2.05) is 48.5 Å². The molecule has 0 saturated heterocycles. The lowest BCUT2D eigenvalue weighted by Crippen LogP contribution is -2.31. The number of hydrogen-bond donors (Lipinski definition) is 2. The monoisotopic (exact) mass is 429 g/mol. The van der Waals surface area contributed by atoms with Crippen molar-refractivity contribution in [1.29, 1.82) is 0 Å². The summed E-state index contributed by atoms with van der Waals surface area (Å²) in [5.74, 6) is -0.657. The first-order valence-corrected chi connectivity index (χ1v) is 10.9. The number of carboxylic acid groups (broad SMARTS) is 1. The Bertz CT molecular complexity index is 1080. The number of nitrogens with one attached hydrogen (secondary N) is 1. The highest BCUT2D eigenvalue weighted by Gasteiger charge is 2.29. The fourth-order valence-electron chi connectivity index (χ4n) is 4.32. The predicted molar refractivity (Wildman–Crippen MR) is 124 cm³/mol. The highest BCUT2D eigenvalue weighted by molar-refractivity contribution is 5.79. The smallest absolute Gasteiger partial charge is 0.407 e. The zero-order valence-electron chi connectivity index (χ0n) is 18.2. The number of ether oxygens (including phenoxy) is 1. The largest absolute Gasteiger partial charge is 0.481 e. The van der Waals surface area contributed by atoms with Crippen LogP contribution in [-0.2, 0) is 9.53 Å². The zero-order valence-corrected chi connectivity index (χ0v) is 18.2. The van der Waals surface area contributed by atoms with E-state index in [1.165, 1.54) is 0 Å².